The summed E-state index contributed by atoms with van der Waals surface area (Å²) in [5, 5.41) is 0. The lowest BCUT2D eigenvalue weighted by atomic mass is 10.0. The quantitative estimate of drug-likeness (QED) is 0.280. The van der Waals surface area contributed by atoms with Gasteiger partial charge in [0, 0.05) is 20.0 Å². The van der Waals surface area contributed by atoms with Gasteiger partial charge in [0.25, 0.3) is 0 Å². The Hall–Kier alpha value is -1.20. The third-order valence-electron chi connectivity index (χ3n) is 4.44. The number of methoxy groups -OCH3 is 1. The molecular weight excluding hydrogens is 320 g/mol. The summed E-state index contributed by atoms with van der Waals surface area (Å²) < 4.78 is 16.0. The second-order valence-electron chi connectivity index (χ2n) is 7.01. The summed E-state index contributed by atoms with van der Waals surface area (Å²) in [6, 6.07) is 0. The van der Waals surface area contributed by atoms with Crippen LogP contribution in [0.4, 0.5) is 0 Å². The van der Waals surface area contributed by atoms with Crippen LogP contribution in [0, 0.1) is 0 Å². The minimum atomic E-state index is -0.666. The normalized spacial score (nSPS) is 17.7. The molecule has 0 aromatic rings. The van der Waals surface area contributed by atoms with Gasteiger partial charge in [-0.1, -0.05) is 25.7 Å². The third kappa shape index (κ3) is 9.17. The highest BCUT2D eigenvalue weighted by Gasteiger charge is 2.29. The molecule has 0 bridgehead atoms. The van der Waals surface area contributed by atoms with E-state index in [2.05, 4.69) is 0 Å². The second kappa shape index (κ2) is 11.4. The van der Waals surface area contributed by atoms with Crippen LogP contribution >= 0.6 is 0 Å². The number of esters is 1. The molecule has 0 N–H and O–H groups in total. The summed E-state index contributed by atoms with van der Waals surface area (Å²) in [4.78, 5) is 23.3. The highest BCUT2D eigenvalue weighted by Crippen LogP contribution is 2.26. The van der Waals surface area contributed by atoms with Crippen molar-refractivity contribution in [2.75, 3.05) is 13.7 Å². The minimum absolute atomic E-state index is 0.0948. The zero-order chi connectivity index (χ0) is 18.7. The largest absolute Gasteiger partial charge is 0.466 e. The van der Waals surface area contributed by atoms with E-state index in [-0.39, 0.29) is 17.9 Å². The summed E-state index contributed by atoms with van der Waals surface area (Å²) in [5.74, 6) is -0.561. The molecule has 144 valence electrons. The molecule has 1 rings (SSSR count). The van der Waals surface area contributed by atoms with Gasteiger partial charge in [0.2, 0.25) is 0 Å². The standard InChI is InChI=1S/C20H34O5/c1-5-24-19(22)13-11-9-7-6-8-10-12-16-14-17(15-18(16)21)25-20(2,3)23-4/h14,17H,5-13,15H2,1-4H3. The van der Waals surface area contributed by atoms with Gasteiger partial charge in [-0.05, 0) is 51.7 Å². The van der Waals surface area contributed by atoms with Crippen molar-refractivity contribution >= 4 is 11.8 Å². The van der Waals surface area contributed by atoms with E-state index in [9.17, 15) is 9.59 Å². The van der Waals surface area contributed by atoms with E-state index in [0.717, 1.165) is 50.5 Å². The maximum atomic E-state index is 12.0. The van der Waals surface area contributed by atoms with E-state index in [1.54, 1.807) is 7.11 Å². The van der Waals surface area contributed by atoms with Crippen LogP contribution in [-0.4, -0.2) is 37.4 Å². The predicted octanol–water partition coefficient (Wildman–Crippen LogP) is 4.34. The van der Waals surface area contributed by atoms with Crippen LogP contribution in [0.1, 0.15) is 78.6 Å². The number of ether oxygens (including phenoxy) is 3. The molecule has 0 amide bonds. The molecule has 0 aromatic carbocycles. The van der Waals surface area contributed by atoms with E-state index in [0.29, 0.717) is 19.4 Å². The Morgan fingerprint density at radius 2 is 1.80 bits per heavy atom. The lowest BCUT2D eigenvalue weighted by Gasteiger charge is -2.26. The maximum absolute atomic E-state index is 12.0. The SMILES string of the molecule is CCOC(=O)CCCCCCCCC1=CC(OC(C)(C)OC)CC1=O. The molecule has 1 aliphatic carbocycles. The van der Waals surface area contributed by atoms with Crippen molar-refractivity contribution in [3.8, 4) is 0 Å². The van der Waals surface area contributed by atoms with Gasteiger partial charge in [0.1, 0.15) is 0 Å². The number of carbonyl (C=O) groups is 2. The van der Waals surface area contributed by atoms with Crippen LogP contribution in [0.2, 0.25) is 0 Å². The van der Waals surface area contributed by atoms with E-state index in [1.165, 1.54) is 0 Å². The lowest BCUT2D eigenvalue weighted by Crippen LogP contribution is -2.31. The van der Waals surface area contributed by atoms with Gasteiger partial charge >= 0.3 is 5.97 Å². The highest BCUT2D eigenvalue weighted by molar-refractivity contribution is 5.98. The van der Waals surface area contributed by atoms with Crippen molar-refractivity contribution in [2.24, 2.45) is 0 Å². The van der Waals surface area contributed by atoms with Gasteiger partial charge in [-0.25, -0.2) is 0 Å². The van der Waals surface area contributed by atoms with Crippen LogP contribution in [0.3, 0.4) is 0 Å². The molecule has 1 unspecified atom stereocenters. The number of hydrogen-bond acceptors (Lipinski definition) is 5. The van der Waals surface area contributed by atoms with Crippen molar-refractivity contribution in [2.45, 2.75) is 90.4 Å². The van der Waals surface area contributed by atoms with Crippen molar-refractivity contribution in [1.82, 2.24) is 0 Å². The maximum Gasteiger partial charge on any atom is 0.305 e. The average Bonchev–Trinajstić information content (AvgIpc) is 2.89. The average molecular weight is 354 g/mol. The number of carbonyl (C=O) groups excluding carboxylic acids is 2. The van der Waals surface area contributed by atoms with Crippen molar-refractivity contribution in [3.63, 3.8) is 0 Å². The fourth-order valence-corrected chi connectivity index (χ4v) is 2.93. The Balaban J connectivity index is 2.11. The Morgan fingerprint density at radius 3 is 2.44 bits per heavy atom. The Bertz CT molecular complexity index is 453. The highest BCUT2D eigenvalue weighted by atomic mass is 16.7. The summed E-state index contributed by atoms with van der Waals surface area (Å²) in [6.07, 6.45) is 9.93. The first-order chi connectivity index (χ1) is 11.9. The Labute approximate surface area is 152 Å². The van der Waals surface area contributed by atoms with Crippen LogP contribution in [0.15, 0.2) is 11.6 Å². The van der Waals surface area contributed by atoms with Gasteiger partial charge in [0.05, 0.1) is 12.7 Å². The summed E-state index contributed by atoms with van der Waals surface area (Å²) >= 11 is 0. The monoisotopic (exact) mass is 354 g/mol. The van der Waals surface area contributed by atoms with Crippen LogP contribution in [0.25, 0.3) is 0 Å². The van der Waals surface area contributed by atoms with Gasteiger partial charge in [-0.3, -0.25) is 9.59 Å². The number of unbranched alkanes of at least 4 members (excludes halogenated alkanes) is 5. The number of rotatable bonds is 13. The molecular formula is C20H34O5. The first kappa shape index (κ1) is 21.8. The Kier molecular flexibility index (Phi) is 9.98. The van der Waals surface area contributed by atoms with Gasteiger partial charge < -0.3 is 14.2 Å². The number of hydrogen-bond donors (Lipinski definition) is 0. The molecule has 5 nitrogen and oxygen atoms in total. The first-order valence-corrected chi connectivity index (χ1v) is 9.50. The van der Waals surface area contributed by atoms with Crippen LogP contribution < -0.4 is 0 Å². The molecule has 1 aliphatic rings. The molecule has 0 aromatic heterocycles. The van der Waals surface area contributed by atoms with Gasteiger partial charge in [-0.2, -0.15) is 0 Å². The molecule has 0 spiro atoms. The van der Waals surface area contributed by atoms with Crippen LogP contribution in [0.5, 0.6) is 0 Å². The zero-order valence-electron chi connectivity index (χ0n) is 16.3. The first-order valence-electron chi connectivity index (χ1n) is 9.50. The zero-order valence-corrected chi connectivity index (χ0v) is 16.3. The molecule has 0 radical (unpaired) electrons. The number of ketones is 1. The third-order valence-corrected chi connectivity index (χ3v) is 4.44. The molecule has 5 heteroatoms. The molecule has 0 aliphatic heterocycles. The summed E-state index contributed by atoms with van der Waals surface area (Å²) in [6.45, 7) is 5.99. The van der Waals surface area contributed by atoms with E-state index >= 15 is 0 Å². The van der Waals surface area contributed by atoms with E-state index in [1.807, 2.05) is 26.8 Å². The van der Waals surface area contributed by atoms with Crippen molar-refractivity contribution < 1.29 is 23.8 Å². The smallest absolute Gasteiger partial charge is 0.305 e. The lowest BCUT2D eigenvalue weighted by molar-refractivity contribution is -0.212. The number of Topliss-reactive ketones (excluding diaryl/α,β-unsaturated/α-hetero) is 1. The van der Waals surface area contributed by atoms with E-state index < -0.39 is 5.79 Å². The summed E-state index contributed by atoms with van der Waals surface area (Å²) in [7, 11) is 1.61. The fourth-order valence-electron chi connectivity index (χ4n) is 2.93. The van der Waals surface area contributed by atoms with Gasteiger partial charge in [-0.15, -0.1) is 0 Å². The van der Waals surface area contributed by atoms with Crippen molar-refractivity contribution in [3.05, 3.63) is 11.6 Å². The fraction of sp³-hybridized carbons (Fsp3) is 0.800. The molecule has 0 saturated heterocycles. The number of allylic oxidation sites excluding steroid dienone is 1. The molecule has 1 atom stereocenters. The topological polar surface area (TPSA) is 61.8 Å². The van der Waals surface area contributed by atoms with Gasteiger partial charge in [0.15, 0.2) is 11.6 Å². The molecule has 25 heavy (non-hydrogen) atoms. The molecule has 0 saturated carbocycles. The predicted molar refractivity (Wildman–Crippen MR) is 97.2 cm³/mol. The molecule has 0 heterocycles. The van der Waals surface area contributed by atoms with Crippen LogP contribution in [-0.2, 0) is 23.8 Å². The Morgan fingerprint density at radius 1 is 1.16 bits per heavy atom. The molecule has 0 fully saturated rings. The second-order valence-corrected chi connectivity index (χ2v) is 7.01. The summed E-state index contributed by atoms with van der Waals surface area (Å²) in [5.41, 5.74) is 0.902. The minimum Gasteiger partial charge on any atom is -0.466 e. The van der Waals surface area contributed by atoms with Crippen molar-refractivity contribution in [1.29, 1.82) is 0 Å². The van der Waals surface area contributed by atoms with E-state index in [4.69, 9.17) is 14.2 Å².